The third-order valence-corrected chi connectivity index (χ3v) is 3.62. The lowest BCUT2D eigenvalue weighted by molar-refractivity contribution is 0.271. The van der Waals surface area contributed by atoms with Crippen molar-refractivity contribution in [2.45, 2.75) is 58.5 Å². The zero-order valence-corrected chi connectivity index (χ0v) is 14.6. The Morgan fingerprint density at radius 2 is 1.48 bits per heavy atom. The van der Waals surface area contributed by atoms with Crippen molar-refractivity contribution in [3.8, 4) is 17.9 Å². The van der Waals surface area contributed by atoms with Gasteiger partial charge in [0.25, 0.3) is 0 Å². The fourth-order valence-corrected chi connectivity index (χ4v) is 2.31. The summed E-state index contributed by atoms with van der Waals surface area (Å²) in [6, 6.07) is 7.11. The van der Waals surface area contributed by atoms with Gasteiger partial charge in [-0.05, 0) is 34.6 Å². The third kappa shape index (κ3) is 4.34. The zero-order valence-electron chi connectivity index (χ0n) is 14.6. The lowest BCUT2D eigenvalue weighted by Gasteiger charge is -2.28. The van der Waals surface area contributed by atoms with E-state index >= 15 is 0 Å². The molecule has 0 aliphatic rings. The van der Waals surface area contributed by atoms with Gasteiger partial charge in [0.05, 0.1) is 17.7 Å². The van der Waals surface area contributed by atoms with Crippen molar-refractivity contribution in [2.24, 2.45) is 0 Å². The number of phenolic OH excluding ortho intramolecular Hbond substituents is 1. The maximum absolute atomic E-state index is 10.6. The molecule has 1 aromatic carbocycles. The molecular weight excluding hydrogens is 288 g/mol. The van der Waals surface area contributed by atoms with Crippen LogP contribution in [0.25, 0.3) is 6.08 Å². The molecule has 0 aliphatic heterocycles. The number of aromatic hydroxyl groups is 1. The fraction of sp³-hybridized carbons (Fsp3) is 0.474. The van der Waals surface area contributed by atoms with E-state index in [4.69, 9.17) is 10.5 Å². The smallest absolute Gasteiger partial charge is 0.175 e. The van der Waals surface area contributed by atoms with E-state index in [1.807, 2.05) is 47.6 Å². The summed E-state index contributed by atoms with van der Waals surface area (Å²) in [7, 11) is 0. The highest BCUT2D eigenvalue weighted by Crippen LogP contribution is 2.40. The minimum absolute atomic E-state index is 0.0158. The Morgan fingerprint density at radius 3 is 1.78 bits per heavy atom. The maximum atomic E-state index is 10.6. The van der Waals surface area contributed by atoms with Crippen LogP contribution in [-0.4, -0.2) is 16.3 Å². The van der Waals surface area contributed by atoms with Crippen molar-refractivity contribution >= 4 is 6.08 Å². The number of aliphatic hydroxyl groups excluding tert-OH is 1. The van der Waals surface area contributed by atoms with Crippen molar-refractivity contribution in [2.75, 3.05) is 0 Å². The molecule has 0 bridgehead atoms. The number of phenols is 1. The Labute approximate surface area is 138 Å². The Kier molecular flexibility index (Phi) is 5.25. The lowest BCUT2D eigenvalue weighted by atomic mass is 9.78. The number of nitrogens with zero attached hydrogens (tertiary/aromatic N) is 2. The summed E-state index contributed by atoms with van der Waals surface area (Å²) in [5.41, 5.74) is 1.63. The zero-order chi connectivity index (χ0) is 18.0. The van der Waals surface area contributed by atoms with Gasteiger partial charge in [-0.3, -0.25) is 0 Å². The summed E-state index contributed by atoms with van der Waals surface area (Å²) < 4.78 is 0. The first kappa shape index (κ1) is 18.7. The molecule has 0 fully saturated rings. The first-order chi connectivity index (χ1) is 10.4. The summed E-state index contributed by atoms with van der Waals surface area (Å²) in [4.78, 5) is 0. The molecule has 23 heavy (non-hydrogen) atoms. The summed E-state index contributed by atoms with van der Waals surface area (Å²) in [5, 5.41) is 38.2. The van der Waals surface area contributed by atoms with Gasteiger partial charge in [-0.25, -0.2) is 0 Å². The van der Waals surface area contributed by atoms with Crippen LogP contribution in [0.2, 0.25) is 0 Å². The van der Waals surface area contributed by atoms with Gasteiger partial charge in [-0.1, -0.05) is 41.5 Å². The lowest BCUT2D eigenvalue weighted by Crippen LogP contribution is -2.17. The van der Waals surface area contributed by atoms with E-state index in [1.165, 1.54) is 6.08 Å². The average molecular weight is 312 g/mol. The van der Waals surface area contributed by atoms with Crippen LogP contribution in [0.1, 0.15) is 58.2 Å². The molecule has 4 nitrogen and oxygen atoms in total. The monoisotopic (exact) mass is 312 g/mol. The predicted molar refractivity (Wildman–Crippen MR) is 90.7 cm³/mol. The van der Waals surface area contributed by atoms with Crippen LogP contribution in [0.3, 0.4) is 0 Å². The van der Waals surface area contributed by atoms with Gasteiger partial charge in [0.2, 0.25) is 0 Å². The Bertz CT molecular complexity index is 670. The minimum Gasteiger partial charge on any atom is -0.507 e. The van der Waals surface area contributed by atoms with E-state index in [9.17, 15) is 10.2 Å². The number of hydrogen-bond donors (Lipinski definition) is 2. The normalized spacial score (nSPS) is 14.0. The standard InChI is InChI=1S/C19H24N2O2/c1-18(2,3)14-8-12(7-13(10-20)16(22)11-21)9-15(17(14)23)19(4,5)6/h7-9,16,22-23H,1-6H3. The van der Waals surface area contributed by atoms with E-state index in [1.54, 1.807) is 18.2 Å². The van der Waals surface area contributed by atoms with Crippen molar-refractivity contribution in [3.05, 3.63) is 34.4 Å². The molecule has 122 valence electrons. The molecule has 1 aromatic rings. The van der Waals surface area contributed by atoms with Gasteiger partial charge in [0, 0.05) is 11.1 Å². The summed E-state index contributed by atoms with van der Waals surface area (Å²) >= 11 is 0. The molecule has 0 aromatic heterocycles. The van der Waals surface area contributed by atoms with E-state index < -0.39 is 6.10 Å². The predicted octanol–water partition coefficient (Wildman–Crippen LogP) is 3.78. The second-order valence-electron chi connectivity index (χ2n) is 7.71. The minimum atomic E-state index is -1.45. The topological polar surface area (TPSA) is 88.0 Å². The largest absolute Gasteiger partial charge is 0.507 e. The molecule has 0 spiro atoms. The molecule has 0 amide bonds. The molecular formula is C19H24N2O2. The molecule has 4 heteroatoms. The van der Waals surface area contributed by atoms with Crippen LogP contribution < -0.4 is 0 Å². The molecule has 0 radical (unpaired) electrons. The molecule has 0 heterocycles. The van der Waals surface area contributed by atoms with Crippen molar-refractivity contribution in [3.63, 3.8) is 0 Å². The number of nitriles is 2. The Balaban J connectivity index is 3.68. The van der Waals surface area contributed by atoms with Gasteiger partial charge >= 0.3 is 0 Å². The van der Waals surface area contributed by atoms with Crippen LogP contribution in [0.5, 0.6) is 5.75 Å². The summed E-state index contributed by atoms with van der Waals surface area (Å²) in [5.74, 6) is 0.251. The third-order valence-electron chi connectivity index (χ3n) is 3.62. The summed E-state index contributed by atoms with van der Waals surface area (Å²) in [6.07, 6.45) is 0.0441. The molecule has 2 N–H and O–H groups in total. The van der Waals surface area contributed by atoms with Gasteiger partial charge < -0.3 is 10.2 Å². The first-order valence-electron chi connectivity index (χ1n) is 7.49. The average Bonchev–Trinajstić information content (AvgIpc) is 2.42. The highest BCUT2D eigenvalue weighted by Gasteiger charge is 2.26. The fourth-order valence-electron chi connectivity index (χ4n) is 2.31. The highest BCUT2D eigenvalue weighted by molar-refractivity contribution is 5.64. The number of benzene rings is 1. The van der Waals surface area contributed by atoms with Gasteiger partial charge in [0.1, 0.15) is 5.75 Å². The van der Waals surface area contributed by atoms with E-state index in [0.717, 1.165) is 11.1 Å². The van der Waals surface area contributed by atoms with Gasteiger partial charge in [-0.2, -0.15) is 10.5 Å². The summed E-state index contributed by atoms with van der Waals surface area (Å²) in [6.45, 7) is 12.0. The van der Waals surface area contributed by atoms with Gasteiger partial charge in [-0.15, -0.1) is 0 Å². The molecule has 0 saturated carbocycles. The second kappa shape index (κ2) is 6.44. The molecule has 1 rings (SSSR count). The van der Waals surface area contributed by atoms with Crippen LogP contribution in [-0.2, 0) is 10.8 Å². The second-order valence-corrected chi connectivity index (χ2v) is 7.71. The van der Waals surface area contributed by atoms with Crippen molar-refractivity contribution in [1.82, 2.24) is 0 Å². The van der Waals surface area contributed by atoms with Crippen molar-refractivity contribution in [1.29, 1.82) is 10.5 Å². The van der Waals surface area contributed by atoms with E-state index in [2.05, 4.69) is 0 Å². The van der Waals surface area contributed by atoms with Crippen LogP contribution >= 0.6 is 0 Å². The van der Waals surface area contributed by atoms with Gasteiger partial charge in [0.15, 0.2) is 6.10 Å². The molecule has 0 saturated heterocycles. The Hall–Kier alpha value is -2.30. The van der Waals surface area contributed by atoms with Crippen LogP contribution in [0.4, 0.5) is 0 Å². The maximum Gasteiger partial charge on any atom is 0.175 e. The molecule has 1 unspecified atom stereocenters. The number of hydrogen-bond acceptors (Lipinski definition) is 4. The Morgan fingerprint density at radius 1 is 1.04 bits per heavy atom. The SMILES string of the molecule is CC(C)(C)c1cc(C=C(C#N)C(O)C#N)cc(C(C)(C)C)c1O. The molecule has 0 aliphatic carbocycles. The highest BCUT2D eigenvalue weighted by atomic mass is 16.3. The number of rotatable bonds is 2. The van der Waals surface area contributed by atoms with Crippen LogP contribution in [0, 0.1) is 22.7 Å². The van der Waals surface area contributed by atoms with E-state index in [-0.39, 0.29) is 22.2 Å². The van der Waals surface area contributed by atoms with Crippen LogP contribution in [0.15, 0.2) is 17.7 Å². The quantitative estimate of drug-likeness (QED) is 0.642. The first-order valence-corrected chi connectivity index (χ1v) is 7.49. The molecule has 1 atom stereocenters. The van der Waals surface area contributed by atoms with Crippen molar-refractivity contribution < 1.29 is 10.2 Å². The number of aliphatic hydroxyl groups is 1. The van der Waals surface area contributed by atoms with E-state index in [0.29, 0.717) is 5.56 Å².